The van der Waals surface area contributed by atoms with Crippen LogP contribution in [0.5, 0.6) is 5.75 Å². The van der Waals surface area contributed by atoms with Crippen LogP contribution in [0.3, 0.4) is 0 Å². The van der Waals surface area contributed by atoms with Gasteiger partial charge in [-0.25, -0.2) is 14.2 Å². The maximum absolute atomic E-state index is 13.6. The summed E-state index contributed by atoms with van der Waals surface area (Å²) in [7, 11) is 1.50. The van der Waals surface area contributed by atoms with Crippen LogP contribution in [-0.4, -0.2) is 53.6 Å². The molecule has 3 aromatic rings. The number of hydrogen-bond acceptors (Lipinski definition) is 7. The second-order valence-electron chi connectivity index (χ2n) is 8.54. The second kappa shape index (κ2) is 12.3. The van der Waals surface area contributed by atoms with E-state index in [1.165, 1.54) is 72.7 Å². The van der Waals surface area contributed by atoms with Crippen molar-refractivity contribution in [2.45, 2.75) is 19.4 Å². The number of amides is 3. The highest BCUT2D eigenvalue weighted by Gasteiger charge is 2.45. The number of halogens is 1. The van der Waals surface area contributed by atoms with Crippen LogP contribution in [0.15, 0.2) is 72.8 Å². The molecule has 12 heteroatoms. The number of esters is 1. The van der Waals surface area contributed by atoms with E-state index >= 15 is 0 Å². The van der Waals surface area contributed by atoms with Gasteiger partial charge in [0, 0.05) is 11.3 Å². The standard InChI is InChI=1S/C28H25FN4O6S/c1-3-39-27(37)18-4-12-21(13-5-18)32-26(36)23(16-24(34)30-20-10-8-19(29)9-11-20)33(28(32)40)31-25(35)17-6-14-22(38-2)15-7-17/h4-15,23H,3,16H2,1-2H3,(H,30,34)(H,31,35). The lowest BCUT2D eigenvalue weighted by atomic mass is 10.1. The molecule has 3 aromatic carbocycles. The zero-order valence-electron chi connectivity index (χ0n) is 21.5. The number of hydrogen-bond donors (Lipinski definition) is 2. The van der Waals surface area contributed by atoms with Crippen molar-refractivity contribution in [2.75, 3.05) is 23.9 Å². The Labute approximate surface area is 234 Å². The first kappa shape index (κ1) is 28.2. The minimum atomic E-state index is -1.19. The fourth-order valence-corrected chi connectivity index (χ4v) is 4.30. The Bertz CT molecular complexity index is 1430. The average Bonchev–Trinajstić information content (AvgIpc) is 3.18. The Morgan fingerprint density at radius 2 is 1.57 bits per heavy atom. The van der Waals surface area contributed by atoms with Crippen molar-refractivity contribution in [2.24, 2.45) is 0 Å². The van der Waals surface area contributed by atoms with E-state index < -0.39 is 35.5 Å². The van der Waals surface area contributed by atoms with Gasteiger partial charge in [0.1, 0.15) is 17.6 Å². The monoisotopic (exact) mass is 564 g/mol. The average molecular weight is 565 g/mol. The minimum Gasteiger partial charge on any atom is -0.497 e. The largest absolute Gasteiger partial charge is 0.497 e. The summed E-state index contributed by atoms with van der Waals surface area (Å²) in [4.78, 5) is 52.7. The van der Waals surface area contributed by atoms with Crippen molar-refractivity contribution in [3.8, 4) is 5.75 Å². The van der Waals surface area contributed by atoms with Gasteiger partial charge in [0.05, 0.1) is 31.4 Å². The summed E-state index contributed by atoms with van der Waals surface area (Å²) in [5.41, 5.74) is 3.84. The molecule has 0 radical (unpaired) electrons. The van der Waals surface area contributed by atoms with Gasteiger partial charge in [-0.3, -0.25) is 24.7 Å². The van der Waals surface area contributed by atoms with Gasteiger partial charge in [-0.2, -0.15) is 0 Å². The molecule has 1 saturated heterocycles. The fraction of sp³-hybridized carbons (Fsp3) is 0.179. The van der Waals surface area contributed by atoms with Crippen molar-refractivity contribution in [1.82, 2.24) is 10.4 Å². The van der Waals surface area contributed by atoms with E-state index in [9.17, 15) is 23.6 Å². The SMILES string of the molecule is CCOC(=O)c1ccc(N2C(=O)C(CC(=O)Nc3ccc(F)cc3)N(NC(=O)c3ccc(OC)cc3)C2=S)cc1. The van der Waals surface area contributed by atoms with Crippen LogP contribution < -0.4 is 20.4 Å². The third kappa shape index (κ3) is 6.24. The maximum Gasteiger partial charge on any atom is 0.338 e. The number of carbonyl (C=O) groups excluding carboxylic acids is 4. The Kier molecular flexibility index (Phi) is 8.70. The van der Waals surface area contributed by atoms with E-state index in [4.69, 9.17) is 21.7 Å². The quantitative estimate of drug-likeness (QED) is 0.299. The number of nitrogens with one attached hydrogen (secondary N) is 2. The molecule has 3 amide bonds. The molecular formula is C28H25FN4O6S. The van der Waals surface area contributed by atoms with Gasteiger partial charge in [-0.05, 0) is 91.9 Å². The summed E-state index contributed by atoms with van der Waals surface area (Å²) in [5.74, 6) is -2.13. The summed E-state index contributed by atoms with van der Waals surface area (Å²) < 4.78 is 23.4. The highest BCUT2D eigenvalue weighted by atomic mass is 32.1. The molecule has 0 aromatic heterocycles. The fourth-order valence-electron chi connectivity index (χ4n) is 3.93. The summed E-state index contributed by atoms with van der Waals surface area (Å²) in [5, 5.41) is 3.70. The molecule has 1 aliphatic heterocycles. The summed E-state index contributed by atoms with van der Waals surface area (Å²) in [6.07, 6.45) is -0.378. The van der Waals surface area contributed by atoms with Crippen LogP contribution in [0.2, 0.25) is 0 Å². The number of nitrogens with zero attached hydrogens (tertiary/aromatic N) is 2. The van der Waals surface area contributed by atoms with Crippen LogP contribution >= 0.6 is 12.2 Å². The van der Waals surface area contributed by atoms with Crippen LogP contribution in [0.1, 0.15) is 34.1 Å². The van der Waals surface area contributed by atoms with Gasteiger partial charge in [0.25, 0.3) is 11.8 Å². The van der Waals surface area contributed by atoms with Crippen LogP contribution in [0.4, 0.5) is 15.8 Å². The molecule has 206 valence electrons. The van der Waals surface area contributed by atoms with Gasteiger partial charge in [-0.1, -0.05) is 0 Å². The first-order valence-corrected chi connectivity index (χ1v) is 12.6. The minimum absolute atomic E-state index is 0.0738. The van der Waals surface area contributed by atoms with E-state index in [1.54, 1.807) is 19.1 Å². The highest BCUT2D eigenvalue weighted by molar-refractivity contribution is 7.80. The number of rotatable bonds is 9. The molecule has 10 nitrogen and oxygen atoms in total. The molecule has 40 heavy (non-hydrogen) atoms. The third-order valence-electron chi connectivity index (χ3n) is 5.93. The van der Waals surface area contributed by atoms with E-state index in [1.807, 2.05) is 0 Å². The van der Waals surface area contributed by atoms with Gasteiger partial charge in [-0.15, -0.1) is 0 Å². The Morgan fingerprint density at radius 3 is 2.17 bits per heavy atom. The number of anilines is 2. The zero-order chi connectivity index (χ0) is 28.8. The van der Waals surface area contributed by atoms with Crippen molar-refractivity contribution in [3.63, 3.8) is 0 Å². The lowest BCUT2D eigenvalue weighted by Crippen LogP contribution is -2.49. The first-order valence-electron chi connectivity index (χ1n) is 12.2. The molecule has 0 bridgehead atoms. The molecule has 4 rings (SSSR count). The van der Waals surface area contributed by atoms with Gasteiger partial charge in [0.2, 0.25) is 11.0 Å². The molecule has 1 fully saturated rings. The number of benzene rings is 3. The van der Waals surface area contributed by atoms with E-state index in [0.717, 1.165) is 5.01 Å². The van der Waals surface area contributed by atoms with Crippen molar-refractivity contribution >= 4 is 52.4 Å². The van der Waals surface area contributed by atoms with Crippen LogP contribution in [0, 0.1) is 5.82 Å². The molecule has 2 N–H and O–H groups in total. The summed E-state index contributed by atoms with van der Waals surface area (Å²) >= 11 is 5.56. The molecule has 1 aliphatic rings. The smallest absolute Gasteiger partial charge is 0.338 e. The highest BCUT2D eigenvalue weighted by Crippen LogP contribution is 2.27. The Morgan fingerprint density at radius 1 is 0.950 bits per heavy atom. The van der Waals surface area contributed by atoms with Gasteiger partial charge >= 0.3 is 5.97 Å². The Hall–Kier alpha value is -4.84. The molecule has 0 aliphatic carbocycles. The topological polar surface area (TPSA) is 117 Å². The Balaban J connectivity index is 1.59. The normalized spacial score (nSPS) is 14.6. The lowest BCUT2D eigenvalue weighted by Gasteiger charge is -2.24. The number of ether oxygens (including phenoxy) is 2. The molecule has 1 unspecified atom stereocenters. The molecular weight excluding hydrogens is 539 g/mol. The predicted molar refractivity (Wildman–Crippen MR) is 148 cm³/mol. The van der Waals surface area contributed by atoms with E-state index in [2.05, 4.69) is 10.7 Å². The first-order chi connectivity index (χ1) is 19.2. The van der Waals surface area contributed by atoms with Crippen LogP contribution in [0.25, 0.3) is 0 Å². The number of carbonyl (C=O) groups is 4. The lowest BCUT2D eigenvalue weighted by molar-refractivity contribution is -0.124. The van der Waals surface area contributed by atoms with Crippen molar-refractivity contribution in [3.05, 3.63) is 89.7 Å². The third-order valence-corrected chi connectivity index (χ3v) is 6.31. The van der Waals surface area contributed by atoms with Gasteiger partial charge < -0.3 is 14.8 Å². The predicted octanol–water partition coefficient (Wildman–Crippen LogP) is 3.69. The summed E-state index contributed by atoms with van der Waals surface area (Å²) in [6.45, 7) is 1.90. The van der Waals surface area contributed by atoms with Crippen molar-refractivity contribution in [1.29, 1.82) is 0 Å². The zero-order valence-corrected chi connectivity index (χ0v) is 22.4. The molecule has 1 atom stereocenters. The summed E-state index contributed by atoms with van der Waals surface area (Å²) in [6, 6.07) is 16.2. The maximum atomic E-state index is 13.6. The van der Waals surface area contributed by atoms with Gasteiger partial charge in [0.15, 0.2) is 0 Å². The van der Waals surface area contributed by atoms with Crippen LogP contribution in [-0.2, 0) is 14.3 Å². The second-order valence-corrected chi connectivity index (χ2v) is 8.90. The van der Waals surface area contributed by atoms with Crippen molar-refractivity contribution < 1.29 is 33.0 Å². The number of thiocarbonyl (C=S) groups is 1. The molecule has 1 heterocycles. The van der Waals surface area contributed by atoms with E-state index in [-0.39, 0.29) is 29.3 Å². The number of hydrazine groups is 1. The molecule has 0 saturated carbocycles. The number of methoxy groups -OCH3 is 1. The molecule has 0 spiro atoms. The van der Waals surface area contributed by atoms with E-state index in [0.29, 0.717) is 17.1 Å².